The Labute approximate surface area is 138 Å². The minimum atomic E-state index is -0.319. The fourth-order valence-electron chi connectivity index (χ4n) is 2.16. The second-order valence-corrected chi connectivity index (χ2v) is 5.66. The van der Waals surface area contributed by atoms with Crippen molar-refractivity contribution in [3.63, 3.8) is 0 Å². The Kier molecular flexibility index (Phi) is 7.54. The lowest BCUT2D eigenvalue weighted by Crippen LogP contribution is -2.45. The largest absolute Gasteiger partial charge is 0.495 e. The highest BCUT2D eigenvalue weighted by atomic mass is 16.5. The summed E-state index contributed by atoms with van der Waals surface area (Å²) in [5, 5.41) is 2.78. The Bertz CT molecular complexity index is 532. The molecular weight excluding hydrogens is 294 g/mol. The molecule has 2 atom stereocenters. The molecule has 0 aliphatic heterocycles. The van der Waals surface area contributed by atoms with Crippen LogP contribution < -0.4 is 15.8 Å². The average molecular weight is 321 g/mol. The van der Waals surface area contributed by atoms with Gasteiger partial charge in [0.25, 0.3) is 0 Å². The zero-order valence-electron chi connectivity index (χ0n) is 14.3. The van der Waals surface area contributed by atoms with Gasteiger partial charge >= 0.3 is 0 Å². The quantitative estimate of drug-likeness (QED) is 0.765. The van der Waals surface area contributed by atoms with Gasteiger partial charge in [0.15, 0.2) is 0 Å². The molecule has 0 radical (unpaired) electrons. The Morgan fingerprint density at radius 2 is 1.96 bits per heavy atom. The number of rotatable bonds is 8. The lowest BCUT2D eigenvalue weighted by Gasteiger charge is -2.26. The molecule has 0 aliphatic rings. The summed E-state index contributed by atoms with van der Waals surface area (Å²) in [6.45, 7) is 6.07. The summed E-state index contributed by atoms with van der Waals surface area (Å²) >= 11 is 0. The zero-order chi connectivity index (χ0) is 17.4. The van der Waals surface area contributed by atoms with E-state index in [0.717, 1.165) is 6.42 Å². The van der Waals surface area contributed by atoms with E-state index >= 15 is 0 Å². The molecule has 0 saturated carbocycles. The van der Waals surface area contributed by atoms with Gasteiger partial charge in [0.1, 0.15) is 5.75 Å². The topological polar surface area (TPSA) is 84.7 Å². The first kappa shape index (κ1) is 19.0. The van der Waals surface area contributed by atoms with Gasteiger partial charge in [-0.3, -0.25) is 9.59 Å². The lowest BCUT2D eigenvalue weighted by atomic mass is 10.0. The summed E-state index contributed by atoms with van der Waals surface area (Å²) in [6.07, 6.45) is 0.777. The van der Waals surface area contributed by atoms with E-state index in [1.165, 1.54) is 0 Å². The van der Waals surface area contributed by atoms with Crippen LogP contribution in [0.1, 0.15) is 27.2 Å². The van der Waals surface area contributed by atoms with Crippen LogP contribution in [0.2, 0.25) is 0 Å². The Hall–Kier alpha value is -2.08. The van der Waals surface area contributed by atoms with Crippen LogP contribution in [-0.2, 0) is 9.59 Å². The number of nitrogens with zero attached hydrogens (tertiary/aromatic N) is 1. The third-order valence-electron chi connectivity index (χ3n) is 3.70. The van der Waals surface area contributed by atoms with E-state index in [1.807, 2.05) is 19.1 Å². The Morgan fingerprint density at radius 3 is 2.52 bits per heavy atom. The molecule has 3 N–H and O–H groups in total. The van der Waals surface area contributed by atoms with Crippen LogP contribution in [0.5, 0.6) is 5.75 Å². The van der Waals surface area contributed by atoms with Crippen molar-refractivity contribution in [3.05, 3.63) is 24.3 Å². The molecule has 6 heteroatoms. The molecule has 0 aliphatic carbocycles. The molecule has 2 amide bonds. The minimum Gasteiger partial charge on any atom is -0.495 e. The molecule has 1 rings (SSSR count). The number of nitrogens with two attached hydrogens (primary N) is 1. The maximum absolute atomic E-state index is 12.4. The molecule has 23 heavy (non-hydrogen) atoms. The average Bonchev–Trinajstić information content (AvgIpc) is 2.53. The smallest absolute Gasteiger partial charge is 0.244 e. The highest BCUT2D eigenvalue weighted by Crippen LogP contribution is 2.22. The zero-order valence-corrected chi connectivity index (χ0v) is 14.3. The van der Waals surface area contributed by atoms with Crippen LogP contribution in [0, 0.1) is 5.92 Å². The molecule has 0 heterocycles. The van der Waals surface area contributed by atoms with E-state index in [4.69, 9.17) is 10.5 Å². The lowest BCUT2D eigenvalue weighted by molar-refractivity contribution is -0.138. The van der Waals surface area contributed by atoms with Crippen LogP contribution >= 0.6 is 0 Å². The van der Waals surface area contributed by atoms with Gasteiger partial charge in [0, 0.05) is 12.6 Å². The highest BCUT2D eigenvalue weighted by molar-refractivity contribution is 5.96. The van der Waals surface area contributed by atoms with Gasteiger partial charge in [-0.05, 0) is 25.5 Å². The summed E-state index contributed by atoms with van der Waals surface area (Å²) < 4.78 is 5.20. The first-order valence-corrected chi connectivity index (χ1v) is 7.87. The number of nitrogens with one attached hydrogen (secondary N) is 1. The molecular formula is C17H27N3O3. The van der Waals surface area contributed by atoms with Crippen molar-refractivity contribution in [2.45, 2.75) is 33.2 Å². The van der Waals surface area contributed by atoms with Gasteiger partial charge < -0.3 is 20.7 Å². The minimum absolute atomic E-state index is 0.00177. The van der Waals surface area contributed by atoms with E-state index in [0.29, 0.717) is 18.0 Å². The van der Waals surface area contributed by atoms with Crippen molar-refractivity contribution < 1.29 is 14.3 Å². The fourth-order valence-corrected chi connectivity index (χ4v) is 2.16. The van der Waals surface area contributed by atoms with Crippen molar-refractivity contribution in [3.8, 4) is 5.75 Å². The normalized spacial score (nSPS) is 13.1. The molecule has 0 aromatic heterocycles. The second-order valence-electron chi connectivity index (χ2n) is 5.66. The maximum atomic E-state index is 12.4. The van der Waals surface area contributed by atoms with Crippen LogP contribution in [0.15, 0.2) is 24.3 Å². The van der Waals surface area contributed by atoms with Gasteiger partial charge in [-0.2, -0.15) is 0 Å². The molecule has 6 nitrogen and oxygen atoms in total. The SMILES string of the molecule is CCCN(CC(=O)Nc1ccccc1OC)C(=O)C(C)C(C)N. The molecule has 0 bridgehead atoms. The van der Waals surface area contributed by atoms with Crippen LogP contribution in [0.4, 0.5) is 5.69 Å². The number of hydrogen-bond acceptors (Lipinski definition) is 4. The summed E-state index contributed by atoms with van der Waals surface area (Å²) in [5.41, 5.74) is 6.39. The van der Waals surface area contributed by atoms with Crippen molar-refractivity contribution in [1.82, 2.24) is 4.90 Å². The fraction of sp³-hybridized carbons (Fsp3) is 0.529. The number of para-hydroxylation sites is 2. The Balaban J connectivity index is 2.76. The molecule has 1 aromatic rings. The molecule has 0 spiro atoms. The first-order valence-electron chi connectivity index (χ1n) is 7.87. The Morgan fingerprint density at radius 1 is 1.30 bits per heavy atom. The number of hydrogen-bond donors (Lipinski definition) is 2. The first-order chi connectivity index (χ1) is 10.9. The van der Waals surface area contributed by atoms with Gasteiger partial charge in [0.2, 0.25) is 11.8 Å². The molecule has 1 aromatic carbocycles. The number of ether oxygens (including phenoxy) is 1. The number of anilines is 1. The number of amides is 2. The van der Waals surface area contributed by atoms with E-state index < -0.39 is 0 Å². The molecule has 2 unspecified atom stereocenters. The van der Waals surface area contributed by atoms with Gasteiger partial charge in [0.05, 0.1) is 25.3 Å². The maximum Gasteiger partial charge on any atom is 0.244 e. The van der Waals surface area contributed by atoms with Crippen molar-refractivity contribution in [2.75, 3.05) is 25.5 Å². The molecule has 128 valence electrons. The van der Waals surface area contributed by atoms with E-state index in [-0.39, 0.29) is 30.3 Å². The van der Waals surface area contributed by atoms with E-state index in [1.54, 1.807) is 38.0 Å². The summed E-state index contributed by atoms with van der Waals surface area (Å²) in [7, 11) is 1.54. The second kappa shape index (κ2) is 9.15. The predicted octanol–water partition coefficient (Wildman–Crippen LogP) is 1.86. The van der Waals surface area contributed by atoms with Gasteiger partial charge in [-0.25, -0.2) is 0 Å². The predicted molar refractivity (Wildman–Crippen MR) is 91.3 cm³/mol. The van der Waals surface area contributed by atoms with Crippen LogP contribution in [0.25, 0.3) is 0 Å². The van der Waals surface area contributed by atoms with Crippen LogP contribution in [0.3, 0.4) is 0 Å². The van der Waals surface area contributed by atoms with Crippen molar-refractivity contribution in [2.24, 2.45) is 11.7 Å². The number of carbonyl (C=O) groups is 2. The van der Waals surface area contributed by atoms with Gasteiger partial charge in [-0.15, -0.1) is 0 Å². The third kappa shape index (κ3) is 5.56. The summed E-state index contributed by atoms with van der Waals surface area (Å²) in [5.74, 6) is -0.0935. The monoisotopic (exact) mass is 321 g/mol. The standard InChI is InChI=1S/C17H27N3O3/c1-5-10-20(17(22)12(2)13(3)18)11-16(21)19-14-8-6-7-9-15(14)23-4/h6-9,12-13H,5,10-11,18H2,1-4H3,(H,19,21). The number of methoxy groups -OCH3 is 1. The van der Waals surface area contributed by atoms with E-state index in [9.17, 15) is 9.59 Å². The summed E-state index contributed by atoms with van der Waals surface area (Å²) in [4.78, 5) is 26.3. The van der Waals surface area contributed by atoms with Crippen molar-refractivity contribution in [1.29, 1.82) is 0 Å². The highest BCUT2D eigenvalue weighted by Gasteiger charge is 2.24. The van der Waals surface area contributed by atoms with Crippen LogP contribution in [-0.4, -0.2) is 43.0 Å². The molecule has 0 saturated heterocycles. The number of carbonyl (C=O) groups excluding carboxylic acids is 2. The summed E-state index contributed by atoms with van der Waals surface area (Å²) in [6, 6.07) is 6.91. The number of benzene rings is 1. The van der Waals surface area contributed by atoms with Gasteiger partial charge in [-0.1, -0.05) is 26.0 Å². The molecule has 0 fully saturated rings. The van der Waals surface area contributed by atoms with E-state index in [2.05, 4.69) is 5.32 Å². The van der Waals surface area contributed by atoms with Crippen molar-refractivity contribution >= 4 is 17.5 Å². The third-order valence-corrected chi connectivity index (χ3v) is 3.70.